The number of carbonyl (C=O) groups is 1. The molecule has 2 saturated carbocycles. The molecule has 1 aromatic heterocycles. The van der Waals surface area contributed by atoms with Gasteiger partial charge in [0.1, 0.15) is 0 Å². The molecule has 0 amide bonds. The molecule has 5 nitrogen and oxygen atoms in total. The minimum absolute atomic E-state index is 0.0423. The van der Waals surface area contributed by atoms with Crippen LogP contribution in [0.1, 0.15) is 38.0 Å². The molecule has 6 heteroatoms. The summed E-state index contributed by atoms with van der Waals surface area (Å²) >= 11 is 3.42. The predicted octanol–water partition coefficient (Wildman–Crippen LogP) is 4.37. The van der Waals surface area contributed by atoms with Crippen molar-refractivity contribution in [1.82, 2.24) is 10.1 Å². The van der Waals surface area contributed by atoms with Gasteiger partial charge in [-0.25, -0.2) is 0 Å². The van der Waals surface area contributed by atoms with Gasteiger partial charge in [0.25, 0.3) is 5.89 Å². The lowest BCUT2D eigenvalue weighted by atomic mass is 9.86. The Morgan fingerprint density at radius 1 is 1.33 bits per heavy atom. The van der Waals surface area contributed by atoms with Gasteiger partial charge in [0.05, 0.1) is 0 Å². The summed E-state index contributed by atoms with van der Waals surface area (Å²) in [7, 11) is 0. The number of ether oxygens (including phenoxy) is 1. The Labute approximate surface area is 148 Å². The SMILES string of the molecule is O=C(C[C@@H]1C[C@H]2CC[C@@H]1C2)OCc1nc(-c2cccc(Br)c2)no1. The number of benzene rings is 1. The number of rotatable bonds is 5. The van der Waals surface area contributed by atoms with E-state index in [0.29, 0.717) is 24.1 Å². The second-order valence-electron chi connectivity index (χ2n) is 6.82. The summed E-state index contributed by atoms with van der Waals surface area (Å²) in [5.74, 6) is 2.75. The maximum absolute atomic E-state index is 12.1. The van der Waals surface area contributed by atoms with Gasteiger partial charge in [0, 0.05) is 16.5 Å². The van der Waals surface area contributed by atoms with Crippen LogP contribution < -0.4 is 0 Å². The van der Waals surface area contributed by atoms with Crippen molar-refractivity contribution >= 4 is 21.9 Å². The summed E-state index contributed by atoms with van der Waals surface area (Å²) in [6.45, 7) is 0.0423. The molecule has 2 bridgehead atoms. The first-order valence-corrected chi connectivity index (χ1v) is 9.21. The average Bonchev–Trinajstić information content (AvgIpc) is 3.29. The molecule has 1 heterocycles. The molecule has 2 aliphatic carbocycles. The monoisotopic (exact) mass is 390 g/mol. The van der Waals surface area contributed by atoms with Crippen molar-refractivity contribution < 1.29 is 14.1 Å². The van der Waals surface area contributed by atoms with Crippen molar-refractivity contribution in [3.63, 3.8) is 0 Å². The number of halogens is 1. The third-order valence-corrected chi connectivity index (χ3v) is 5.71. The van der Waals surface area contributed by atoms with E-state index in [2.05, 4.69) is 26.1 Å². The fourth-order valence-electron chi connectivity index (χ4n) is 4.10. The van der Waals surface area contributed by atoms with E-state index in [1.54, 1.807) is 0 Å². The number of hydrogen-bond acceptors (Lipinski definition) is 5. The molecule has 3 atom stereocenters. The first kappa shape index (κ1) is 15.8. The van der Waals surface area contributed by atoms with Crippen molar-refractivity contribution in [3.8, 4) is 11.4 Å². The highest BCUT2D eigenvalue weighted by Crippen LogP contribution is 2.49. The topological polar surface area (TPSA) is 65.2 Å². The average molecular weight is 391 g/mol. The lowest BCUT2D eigenvalue weighted by Crippen LogP contribution is -2.17. The van der Waals surface area contributed by atoms with E-state index >= 15 is 0 Å². The normalized spacial score (nSPS) is 25.1. The molecule has 24 heavy (non-hydrogen) atoms. The molecule has 126 valence electrons. The lowest BCUT2D eigenvalue weighted by molar-refractivity contribution is -0.147. The summed E-state index contributed by atoms with van der Waals surface area (Å²) in [4.78, 5) is 16.3. The summed E-state index contributed by atoms with van der Waals surface area (Å²) < 4.78 is 11.4. The van der Waals surface area contributed by atoms with Gasteiger partial charge in [0.2, 0.25) is 5.82 Å². The van der Waals surface area contributed by atoms with E-state index in [4.69, 9.17) is 9.26 Å². The molecule has 0 saturated heterocycles. The zero-order chi connectivity index (χ0) is 16.5. The van der Waals surface area contributed by atoms with Gasteiger partial charge in [0.15, 0.2) is 6.61 Å². The van der Waals surface area contributed by atoms with Crippen LogP contribution in [0.3, 0.4) is 0 Å². The summed E-state index contributed by atoms with van der Waals surface area (Å²) in [5.41, 5.74) is 0.854. The van der Waals surface area contributed by atoms with Gasteiger partial charge >= 0.3 is 5.97 Å². The van der Waals surface area contributed by atoms with E-state index in [9.17, 15) is 4.79 Å². The smallest absolute Gasteiger partial charge is 0.306 e. The highest BCUT2D eigenvalue weighted by molar-refractivity contribution is 9.10. The highest BCUT2D eigenvalue weighted by Gasteiger charge is 2.40. The number of aromatic nitrogens is 2. The van der Waals surface area contributed by atoms with Crippen molar-refractivity contribution in [2.24, 2.45) is 17.8 Å². The Balaban J connectivity index is 1.31. The van der Waals surface area contributed by atoms with Crippen LogP contribution in [0.2, 0.25) is 0 Å². The zero-order valence-corrected chi connectivity index (χ0v) is 14.9. The quantitative estimate of drug-likeness (QED) is 0.709. The molecule has 1 aromatic carbocycles. The van der Waals surface area contributed by atoms with E-state index in [-0.39, 0.29) is 12.6 Å². The Kier molecular flexibility index (Phi) is 4.39. The van der Waals surface area contributed by atoms with E-state index in [1.807, 2.05) is 24.3 Å². The minimum atomic E-state index is -0.158. The maximum atomic E-state index is 12.1. The summed E-state index contributed by atoms with van der Waals surface area (Å²) in [6.07, 6.45) is 5.64. The van der Waals surface area contributed by atoms with Crippen LogP contribution in [0.5, 0.6) is 0 Å². The van der Waals surface area contributed by atoms with Crippen molar-refractivity contribution in [3.05, 3.63) is 34.6 Å². The van der Waals surface area contributed by atoms with Gasteiger partial charge < -0.3 is 9.26 Å². The van der Waals surface area contributed by atoms with Crippen LogP contribution >= 0.6 is 15.9 Å². The molecule has 2 aliphatic rings. The predicted molar refractivity (Wildman–Crippen MR) is 90.8 cm³/mol. The van der Waals surface area contributed by atoms with E-state index in [0.717, 1.165) is 21.9 Å². The Hall–Kier alpha value is -1.69. The second-order valence-corrected chi connectivity index (χ2v) is 7.74. The molecule has 0 unspecified atom stereocenters. The molecule has 0 radical (unpaired) electrons. The molecule has 0 spiro atoms. The van der Waals surface area contributed by atoms with Crippen LogP contribution in [-0.2, 0) is 16.1 Å². The van der Waals surface area contributed by atoms with Gasteiger partial charge in [-0.3, -0.25) is 4.79 Å². The fraction of sp³-hybridized carbons (Fsp3) is 0.500. The Bertz CT molecular complexity index is 745. The van der Waals surface area contributed by atoms with Gasteiger partial charge in [-0.15, -0.1) is 0 Å². The van der Waals surface area contributed by atoms with Crippen LogP contribution in [0.15, 0.2) is 33.3 Å². The highest BCUT2D eigenvalue weighted by atomic mass is 79.9. The van der Waals surface area contributed by atoms with E-state index < -0.39 is 0 Å². The first-order chi connectivity index (χ1) is 11.7. The Morgan fingerprint density at radius 2 is 2.25 bits per heavy atom. The van der Waals surface area contributed by atoms with Gasteiger partial charge in [-0.05, 0) is 49.1 Å². The number of hydrogen-bond donors (Lipinski definition) is 0. The first-order valence-electron chi connectivity index (χ1n) is 8.41. The third-order valence-electron chi connectivity index (χ3n) is 5.22. The molecule has 0 N–H and O–H groups in total. The molecular weight excluding hydrogens is 372 g/mol. The van der Waals surface area contributed by atoms with Crippen molar-refractivity contribution in [1.29, 1.82) is 0 Å². The van der Waals surface area contributed by atoms with Crippen molar-refractivity contribution in [2.75, 3.05) is 0 Å². The number of carbonyl (C=O) groups excluding carboxylic acids is 1. The molecule has 2 fully saturated rings. The second kappa shape index (κ2) is 6.67. The fourth-order valence-corrected chi connectivity index (χ4v) is 4.50. The minimum Gasteiger partial charge on any atom is -0.456 e. The summed E-state index contributed by atoms with van der Waals surface area (Å²) in [6, 6.07) is 7.66. The third kappa shape index (κ3) is 3.38. The van der Waals surface area contributed by atoms with Gasteiger partial charge in [-0.1, -0.05) is 39.6 Å². The molecule has 2 aromatic rings. The maximum Gasteiger partial charge on any atom is 0.306 e. The van der Waals surface area contributed by atoms with Crippen molar-refractivity contribution in [2.45, 2.75) is 38.7 Å². The zero-order valence-electron chi connectivity index (χ0n) is 13.3. The van der Waals surface area contributed by atoms with Crippen LogP contribution in [0.4, 0.5) is 0 Å². The largest absolute Gasteiger partial charge is 0.456 e. The molecule has 0 aliphatic heterocycles. The molecule has 4 rings (SSSR count). The molecular formula is C18H19BrN2O3. The summed E-state index contributed by atoms with van der Waals surface area (Å²) in [5, 5.41) is 3.94. The van der Waals surface area contributed by atoms with Crippen LogP contribution in [0.25, 0.3) is 11.4 Å². The van der Waals surface area contributed by atoms with E-state index in [1.165, 1.54) is 25.7 Å². The lowest BCUT2D eigenvalue weighted by Gasteiger charge is -2.20. The Morgan fingerprint density at radius 3 is 3.00 bits per heavy atom. The number of fused-ring (bicyclic) bond motifs is 2. The number of esters is 1. The van der Waals surface area contributed by atoms with Gasteiger partial charge in [-0.2, -0.15) is 4.98 Å². The number of nitrogens with zero attached hydrogens (tertiary/aromatic N) is 2. The van der Waals surface area contributed by atoms with Crippen LogP contribution in [0, 0.1) is 17.8 Å². The van der Waals surface area contributed by atoms with Crippen LogP contribution in [-0.4, -0.2) is 16.1 Å². The standard InChI is InChI=1S/C18H19BrN2O3/c19-15-3-1-2-13(8-15)18-20-16(24-21-18)10-23-17(22)9-14-7-11-4-5-12(14)6-11/h1-3,8,11-12,14H,4-7,9-10H2/t11-,12+,14-/m0/s1.